The number of nitrogens with zero attached hydrogens (tertiary/aromatic N) is 2. The Labute approximate surface area is 55.2 Å². The Balaban J connectivity index is 2.84. The van der Waals surface area contributed by atoms with Crippen molar-refractivity contribution in [1.82, 2.24) is 10.1 Å². The number of rotatable bonds is 1. The molecule has 8 heavy (non-hydrogen) atoms. The van der Waals surface area contributed by atoms with Crippen molar-refractivity contribution < 1.29 is 4.52 Å². The molecule has 1 heterocycles. The molecule has 1 aromatic rings. The van der Waals surface area contributed by atoms with Crippen LogP contribution >= 0.6 is 15.9 Å². The van der Waals surface area contributed by atoms with Crippen molar-refractivity contribution >= 4 is 15.9 Å². The molecule has 0 atom stereocenters. The van der Waals surface area contributed by atoms with Crippen LogP contribution in [0.25, 0.3) is 0 Å². The van der Waals surface area contributed by atoms with E-state index in [-0.39, 0.29) is 0 Å². The first-order valence-electron chi connectivity index (χ1n) is 2.31. The van der Waals surface area contributed by atoms with E-state index in [0.717, 1.165) is 12.2 Å². The Morgan fingerprint density at radius 3 is 2.75 bits per heavy atom. The summed E-state index contributed by atoms with van der Waals surface area (Å²) in [6.45, 7) is 1.97. The van der Waals surface area contributed by atoms with Gasteiger partial charge in [0.25, 0.3) is 4.80 Å². The van der Waals surface area contributed by atoms with Crippen molar-refractivity contribution in [3.05, 3.63) is 10.6 Å². The lowest BCUT2D eigenvalue weighted by Gasteiger charge is -1.73. The fraction of sp³-hybridized carbons (Fsp3) is 0.500. The van der Waals surface area contributed by atoms with Crippen LogP contribution in [0.4, 0.5) is 0 Å². The third kappa shape index (κ3) is 1.06. The first kappa shape index (κ1) is 5.75. The van der Waals surface area contributed by atoms with E-state index in [1.54, 1.807) is 0 Å². The molecule has 0 aliphatic rings. The van der Waals surface area contributed by atoms with Gasteiger partial charge in [0, 0.05) is 22.4 Å². The van der Waals surface area contributed by atoms with Crippen LogP contribution in [0.1, 0.15) is 12.7 Å². The molecule has 0 spiro atoms. The lowest BCUT2D eigenvalue weighted by molar-refractivity contribution is 0.390. The molecule has 0 saturated heterocycles. The van der Waals surface area contributed by atoms with Crippen LogP contribution < -0.4 is 0 Å². The van der Waals surface area contributed by atoms with Crippen LogP contribution in [0, 0.1) is 0 Å². The minimum Gasteiger partial charge on any atom is -0.327 e. The minimum absolute atomic E-state index is 0.453. The molecular formula is C4H5BrN2O. The third-order valence-corrected chi connectivity index (χ3v) is 1.08. The fourth-order valence-corrected chi connectivity index (χ4v) is 0.653. The highest BCUT2D eigenvalue weighted by molar-refractivity contribution is 9.10. The fourth-order valence-electron chi connectivity index (χ4n) is 0.376. The van der Waals surface area contributed by atoms with E-state index in [2.05, 4.69) is 30.6 Å². The number of hydrogen-bond donors (Lipinski definition) is 0. The van der Waals surface area contributed by atoms with Gasteiger partial charge >= 0.3 is 0 Å². The summed E-state index contributed by atoms with van der Waals surface area (Å²) in [5.41, 5.74) is 0. The summed E-state index contributed by atoms with van der Waals surface area (Å²) in [6.07, 6.45) is 0.815. The summed E-state index contributed by atoms with van der Waals surface area (Å²) in [5.74, 6) is 0.733. The maximum Gasteiger partial charge on any atom is 0.293 e. The van der Waals surface area contributed by atoms with E-state index >= 15 is 0 Å². The highest BCUT2D eigenvalue weighted by atomic mass is 79.9. The summed E-state index contributed by atoms with van der Waals surface area (Å²) in [4.78, 5) is 4.32. The molecule has 0 amide bonds. The number of halogens is 1. The monoisotopic (exact) mass is 176 g/mol. The van der Waals surface area contributed by atoms with Gasteiger partial charge < -0.3 is 4.52 Å². The van der Waals surface area contributed by atoms with Crippen molar-refractivity contribution in [2.24, 2.45) is 0 Å². The van der Waals surface area contributed by atoms with E-state index in [1.807, 2.05) is 6.92 Å². The van der Waals surface area contributed by atoms with Crippen LogP contribution in [0.5, 0.6) is 0 Å². The van der Waals surface area contributed by atoms with Gasteiger partial charge in [0.15, 0.2) is 5.82 Å². The van der Waals surface area contributed by atoms with Crippen LogP contribution in [-0.4, -0.2) is 10.1 Å². The van der Waals surface area contributed by atoms with Crippen LogP contribution in [0.3, 0.4) is 0 Å². The lowest BCUT2D eigenvalue weighted by Crippen LogP contribution is -1.79. The highest BCUT2D eigenvalue weighted by Gasteiger charge is 1.96. The van der Waals surface area contributed by atoms with E-state index in [9.17, 15) is 0 Å². The molecule has 1 rings (SSSR count). The minimum atomic E-state index is 0.453. The molecule has 0 radical (unpaired) electrons. The molecule has 0 N–H and O–H groups in total. The molecule has 0 aliphatic carbocycles. The van der Waals surface area contributed by atoms with E-state index in [1.165, 1.54) is 0 Å². The van der Waals surface area contributed by atoms with Gasteiger partial charge in [-0.2, -0.15) is 4.98 Å². The average molecular weight is 177 g/mol. The normalized spacial score (nSPS) is 9.75. The average Bonchev–Trinajstić information content (AvgIpc) is 2.14. The summed E-state index contributed by atoms with van der Waals surface area (Å²) >= 11 is 3.03. The second-order valence-corrected chi connectivity index (χ2v) is 2.00. The van der Waals surface area contributed by atoms with Gasteiger partial charge in [-0.1, -0.05) is 12.1 Å². The van der Waals surface area contributed by atoms with E-state index in [4.69, 9.17) is 0 Å². The molecule has 0 unspecified atom stereocenters. The molecule has 0 saturated carbocycles. The van der Waals surface area contributed by atoms with Gasteiger partial charge in [0.1, 0.15) is 0 Å². The molecule has 4 heteroatoms. The van der Waals surface area contributed by atoms with Gasteiger partial charge in [0.2, 0.25) is 0 Å². The molecule has 44 valence electrons. The Hall–Kier alpha value is -0.380. The maximum atomic E-state index is 4.61. The first-order chi connectivity index (χ1) is 3.83. The molecule has 0 bridgehead atoms. The summed E-state index contributed by atoms with van der Waals surface area (Å²) in [5, 5.41) is 3.60. The smallest absolute Gasteiger partial charge is 0.293 e. The Morgan fingerprint density at radius 1 is 1.75 bits per heavy atom. The topological polar surface area (TPSA) is 38.9 Å². The second kappa shape index (κ2) is 2.26. The Kier molecular flexibility index (Phi) is 1.62. The molecule has 3 nitrogen and oxygen atoms in total. The lowest BCUT2D eigenvalue weighted by atomic mass is 10.5. The molecule has 0 fully saturated rings. The third-order valence-electron chi connectivity index (χ3n) is 0.760. The maximum absolute atomic E-state index is 4.61. The number of hydrogen-bond acceptors (Lipinski definition) is 3. The quantitative estimate of drug-likeness (QED) is 0.650. The zero-order valence-electron chi connectivity index (χ0n) is 4.39. The predicted molar refractivity (Wildman–Crippen MR) is 31.4 cm³/mol. The molecule has 0 aromatic carbocycles. The highest BCUT2D eigenvalue weighted by Crippen LogP contribution is 2.04. The SMILES string of the molecule is CCc1noc(Br)n1. The van der Waals surface area contributed by atoms with Gasteiger partial charge in [-0.3, -0.25) is 0 Å². The summed E-state index contributed by atoms with van der Waals surface area (Å²) < 4.78 is 4.61. The van der Waals surface area contributed by atoms with Gasteiger partial charge in [0.05, 0.1) is 0 Å². The van der Waals surface area contributed by atoms with Crippen LogP contribution in [0.15, 0.2) is 9.32 Å². The van der Waals surface area contributed by atoms with Crippen molar-refractivity contribution in [3.8, 4) is 0 Å². The van der Waals surface area contributed by atoms with Crippen LogP contribution in [0.2, 0.25) is 0 Å². The first-order valence-corrected chi connectivity index (χ1v) is 3.10. The van der Waals surface area contributed by atoms with Crippen LogP contribution in [-0.2, 0) is 6.42 Å². The molecule has 0 aliphatic heterocycles. The predicted octanol–water partition coefficient (Wildman–Crippen LogP) is 1.39. The summed E-state index contributed by atoms with van der Waals surface area (Å²) in [7, 11) is 0. The zero-order chi connectivity index (χ0) is 5.98. The second-order valence-electron chi connectivity index (χ2n) is 1.32. The number of aromatic nitrogens is 2. The number of aryl methyl sites for hydroxylation is 1. The van der Waals surface area contributed by atoms with Gasteiger partial charge in [-0.15, -0.1) is 0 Å². The van der Waals surface area contributed by atoms with Crippen molar-refractivity contribution in [1.29, 1.82) is 0 Å². The zero-order valence-corrected chi connectivity index (χ0v) is 5.97. The van der Waals surface area contributed by atoms with E-state index < -0.39 is 0 Å². The Bertz CT molecular complexity index is 174. The van der Waals surface area contributed by atoms with E-state index in [0.29, 0.717) is 4.80 Å². The van der Waals surface area contributed by atoms with Crippen molar-refractivity contribution in [2.45, 2.75) is 13.3 Å². The van der Waals surface area contributed by atoms with Gasteiger partial charge in [-0.25, -0.2) is 0 Å². The summed E-state index contributed by atoms with van der Waals surface area (Å²) in [6, 6.07) is 0. The van der Waals surface area contributed by atoms with Crippen molar-refractivity contribution in [2.75, 3.05) is 0 Å². The largest absolute Gasteiger partial charge is 0.327 e. The van der Waals surface area contributed by atoms with Crippen molar-refractivity contribution in [3.63, 3.8) is 0 Å². The molecule has 1 aromatic heterocycles. The molecular weight excluding hydrogens is 172 g/mol. The Morgan fingerprint density at radius 2 is 2.50 bits per heavy atom. The standard InChI is InChI=1S/C4H5BrN2O/c1-2-3-6-4(5)8-7-3/h2H2,1H3. The van der Waals surface area contributed by atoms with Gasteiger partial charge in [-0.05, 0) is 0 Å².